The van der Waals surface area contributed by atoms with Crippen LogP contribution in [0.15, 0.2) is 106 Å². The van der Waals surface area contributed by atoms with Crippen molar-refractivity contribution in [3.63, 3.8) is 0 Å². The number of methoxy groups -OCH3 is 1. The van der Waals surface area contributed by atoms with Crippen LogP contribution in [0.5, 0.6) is 0 Å². The minimum Gasteiger partial charge on any atom is -0.512 e. The Morgan fingerprint density at radius 3 is 2.29 bits per heavy atom. The van der Waals surface area contributed by atoms with Gasteiger partial charge in [-0.15, -0.1) is 0 Å². The molecule has 0 aromatic heterocycles. The number of esters is 1. The number of aliphatic imine (C=N–C) groups is 3. The Labute approximate surface area is 285 Å². The first kappa shape index (κ1) is 35.2. The minimum atomic E-state index is -0.962. The molecule has 1 fully saturated rings. The maximum Gasteiger partial charge on any atom is 0.310 e. The van der Waals surface area contributed by atoms with Crippen molar-refractivity contribution in [2.75, 3.05) is 20.3 Å². The Bertz CT molecular complexity index is 1890. The monoisotopic (exact) mass is 669 g/mol. The molecule has 49 heavy (non-hydrogen) atoms. The topological polar surface area (TPSA) is 182 Å². The van der Waals surface area contributed by atoms with Crippen molar-refractivity contribution >= 4 is 35.0 Å². The summed E-state index contributed by atoms with van der Waals surface area (Å²) >= 11 is 0. The lowest BCUT2D eigenvalue weighted by Crippen LogP contribution is -2.32. The average molecular weight is 670 g/mol. The third-order valence-electron chi connectivity index (χ3n) is 9.62. The summed E-state index contributed by atoms with van der Waals surface area (Å²) in [7, 11) is 1.28. The van der Waals surface area contributed by atoms with Crippen molar-refractivity contribution in [2.24, 2.45) is 26.8 Å². The number of amides is 1. The highest BCUT2D eigenvalue weighted by Crippen LogP contribution is 2.43. The number of carbonyl (C=O) groups excluding carboxylic acids is 2. The van der Waals surface area contributed by atoms with Gasteiger partial charge in [0.1, 0.15) is 0 Å². The Kier molecular flexibility index (Phi) is 10.2. The summed E-state index contributed by atoms with van der Waals surface area (Å²) in [5, 5.41) is 36.2. The van der Waals surface area contributed by atoms with Crippen LogP contribution in [0, 0.1) is 11.8 Å². The van der Waals surface area contributed by atoms with Gasteiger partial charge in [-0.05, 0) is 81.1 Å². The number of aliphatic carboxylic acids is 1. The number of carboxylic acids is 1. The summed E-state index contributed by atoms with van der Waals surface area (Å²) in [6.07, 6.45) is 6.12. The second-order valence-corrected chi connectivity index (χ2v) is 12.6. The number of fused-ring (bicyclic) bond motifs is 5. The zero-order valence-corrected chi connectivity index (χ0v) is 28.9. The second-order valence-electron chi connectivity index (χ2n) is 12.6. The van der Waals surface area contributed by atoms with E-state index in [2.05, 4.69) is 10.6 Å². The molecule has 0 aliphatic carbocycles. The lowest BCUT2D eigenvalue weighted by molar-refractivity contribution is -0.140. The number of nitrogens with zero attached hydrogens (tertiary/aromatic N) is 3. The highest BCUT2D eigenvalue weighted by atomic mass is 16.5. The van der Waals surface area contributed by atoms with Gasteiger partial charge in [0.2, 0.25) is 0 Å². The van der Waals surface area contributed by atoms with E-state index in [4.69, 9.17) is 19.7 Å². The van der Waals surface area contributed by atoms with Gasteiger partial charge in [0.05, 0.1) is 65.7 Å². The van der Waals surface area contributed by atoms with Gasteiger partial charge < -0.3 is 30.7 Å². The quantitative estimate of drug-likeness (QED) is 0.171. The van der Waals surface area contributed by atoms with Crippen molar-refractivity contribution < 1.29 is 34.4 Å². The van der Waals surface area contributed by atoms with E-state index < -0.39 is 23.8 Å². The smallest absolute Gasteiger partial charge is 0.310 e. The molecule has 1 amide bonds. The normalized spacial score (nSPS) is 22.8. The molecule has 0 saturated carbocycles. The van der Waals surface area contributed by atoms with Crippen LogP contribution >= 0.6 is 0 Å². The molecule has 5 rings (SSSR count). The van der Waals surface area contributed by atoms with Gasteiger partial charge in [0.15, 0.2) is 0 Å². The number of ether oxygens (including phenoxy) is 1. The number of allylic oxidation sites excluding steroid dienone is 11. The van der Waals surface area contributed by atoms with E-state index in [1.165, 1.54) is 7.11 Å². The van der Waals surface area contributed by atoms with E-state index in [1.807, 2.05) is 45.9 Å². The zero-order valence-electron chi connectivity index (χ0n) is 28.9. The van der Waals surface area contributed by atoms with Crippen molar-refractivity contribution in [3.8, 4) is 0 Å². The third-order valence-corrected chi connectivity index (χ3v) is 9.62. The van der Waals surface area contributed by atoms with E-state index in [0.29, 0.717) is 57.4 Å². The molecular weight excluding hydrogens is 626 g/mol. The van der Waals surface area contributed by atoms with Crippen LogP contribution in [0.3, 0.4) is 0 Å². The second kappa shape index (κ2) is 14.2. The standard InChI is InChI=1S/C37H43N5O7/c1-8-22-17(2)25-16-30-33(21(6)44)19(4)27(40-30)14-26-18(3)23(9-10-31(45)46)35(41-26)24(13-32(47)49-7)36-34(37(48)38-11-12-43)20(5)28(42-36)15-29(22)39-25/h14-16,18,23,41,43-44H,8-13H2,1-7H3,(H,38,48)(H,45,46). The molecule has 12 heteroatoms. The van der Waals surface area contributed by atoms with Crippen LogP contribution in [0.4, 0.5) is 0 Å². The molecule has 0 spiro atoms. The maximum absolute atomic E-state index is 13.8. The Morgan fingerprint density at radius 1 is 0.959 bits per heavy atom. The van der Waals surface area contributed by atoms with Crippen molar-refractivity contribution in [1.82, 2.24) is 10.6 Å². The summed E-state index contributed by atoms with van der Waals surface area (Å²) in [5.74, 6) is -2.51. The third kappa shape index (κ3) is 6.65. The molecule has 0 radical (unpaired) electrons. The number of aliphatic hydroxyl groups excluding tert-OH is 2. The number of hydrogen-bond donors (Lipinski definition) is 5. The summed E-state index contributed by atoms with van der Waals surface area (Å²) in [5.41, 5.74) is 9.08. The fourth-order valence-electron chi connectivity index (χ4n) is 6.98. The van der Waals surface area contributed by atoms with E-state index in [1.54, 1.807) is 13.8 Å². The van der Waals surface area contributed by atoms with Crippen LogP contribution < -0.4 is 10.6 Å². The number of carbonyl (C=O) groups is 3. The fraction of sp³-hybridized carbons (Fsp3) is 0.405. The Morgan fingerprint density at radius 2 is 1.65 bits per heavy atom. The van der Waals surface area contributed by atoms with E-state index in [-0.39, 0.29) is 55.4 Å². The van der Waals surface area contributed by atoms with E-state index in [0.717, 1.165) is 22.4 Å². The minimum absolute atomic E-state index is 0.0115. The SMILES string of the molecule is CCC1=C(C)C2=CC3=NC(=C(C)C3=C(C)O)C=C3NC(=C(CC(=O)OC)C4=NC(=CC1=N2)C(C)=C4C(=O)NCCO)C(CCC(=O)O)C3C. The van der Waals surface area contributed by atoms with E-state index >= 15 is 0 Å². The summed E-state index contributed by atoms with van der Waals surface area (Å²) in [4.78, 5) is 53.5. The number of carboxylic acid groups (broad SMARTS) is 1. The first-order chi connectivity index (χ1) is 23.3. The van der Waals surface area contributed by atoms with Crippen LogP contribution in [0.1, 0.15) is 67.2 Å². The van der Waals surface area contributed by atoms with Gasteiger partial charge in [-0.2, -0.15) is 0 Å². The van der Waals surface area contributed by atoms with Crippen molar-refractivity contribution in [2.45, 2.75) is 67.2 Å². The lowest BCUT2D eigenvalue weighted by Gasteiger charge is -2.20. The average Bonchev–Trinajstić information content (AvgIpc) is 3.74. The Balaban J connectivity index is 1.88. The summed E-state index contributed by atoms with van der Waals surface area (Å²) in [6.45, 7) is 11.0. The van der Waals surface area contributed by atoms with Crippen LogP contribution in [0.2, 0.25) is 0 Å². The highest BCUT2D eigenvalue weighted by Gasteiger charge is 2.40. The Hall–Kier alpha value is -5.10. The molecular formula is C37H43N5O7. The molecule has 8 bridgehead atoms. The molecule has 5 N–H and O–H groups in total. The molecule has 1 saturated heterocycles. The molecule has 5 aliphatic heterocycles. The number of hydrogen-bond acceptors (Lipinski definition) is 10. The van der Waals surface area contributed by atoms with E-state index in [9.17, 15) is 29.7 Å². The largest absolute Gasteiger partial charge is 0.512 e. The fourth-order valence-corrected chi connectivity index (χ4v) is 6.98. The first-order valence-electron chi connectivity index (χ1n) is 16.4. The van der Waals surface area contributed by atoms with Gasteiger partial charge in [-0.1, -0.05) is 13.8 Å². The van der Waals surface area contributed by atoms with Crippen molar-refractivity contribution in [1.29, 1.82) is 0 Å². The number of aliphatic hydroxyl groups is 2. The predicted molar refractivity (Wildman–Crippen MR) is 187 cm³/mol. The van der Waals surface area contributed by atoms with Crippen LogP contribution in [-0.4, -0.2) is 70.6 Å². The molecule has 0 aromatic rings. The van der Waals surface area contributed by atoms with Gasteiger partial charge >= 0.3 is 11.9 Å². The molecule has 2 unspecified atom stereocenters. The molecule has 0 aromatic carbocycles. The lowest BCUT2D eigenvalue weighted by atomic mass is 9.84. The highest BCUT2D eigenvalue weighted by molar-refractivity contribution is 6.32. The van der Waals surface area contributed by atoms with Crippen molar-refractivity contribution in [3.05, 3.63) is 91.5 Å². The maximum atomic E-state index is 13.8. The summed E-state index contributed by atoms with van der Waals surface area (Å²) < 4.78 is 5.11. The first-order valence-corrected chi connectivity index (χ1v) is 16.4. The predicted octanol–water partition coefficient (Wildman–Crippen LogP) is 4.81. The van der Waals surface area contributed by atoms with Crippen LogP contribution in [-0.2, 0) is 19.1 Å². The van der Waals surface area contributed by atoms with Crippen LogP contribution in [0.25, 0.3) is 0 Å². The molecule has 12 nitrogen and oxygen atoms in total. The molecule has 5 aliphatic rings. The number of nitrogens with one attached hydrogen (secondary N) is 2. The van der Waals surface area contributed by atoms with Gasteiger partial charge in [0, 0.05) is 47.3 Å². The molecule has 2 atom stereocenters. The molecule has 5 heterocycles. The summed E-state index contributed by atoms with van der Waals surface area (Å²) in [6, 6.07) is 0. The van der Waals surface area contributed by atoms with Gasteiger partial charge in [0.25, 0.3) is 5.91 Å². The van der Waals surface area contributed by atoms with Gasteiger partial charge in [-0.3, -0.25) is 14.4 Å². The zero-order chi connectivity index (χ0) is 35.7. The van der Waals surface area contributed by atoms with Gasteiger partial charge in [-0.25, -0.2) is 15.0 Å². The molecule has 258 valence electrons. The number of rotatable bonds is 9.